The van der Waals surface area contributed by atoms with Crippen molar-refractivity contribution < 1.29 is 13.9 Å². The Morgan fingerprint density at radius 2 is 1.63 bits per heavy atom. The van der Waals surface area contributed by atoms with E-state index in [9.17, 15) is 4.39 Å². The van der Waals surface area contributed by atoms with Crippen LogP contribution < -0.4 is 25.4 Å². The van der Waals surface area contributed by atoms with Crippen molar-refractivity contribution in [3.8, 4) is 11.5 Å². The molecule has 0 fully saturated rings. The highest BCUT2D eigenvalue weighted by Crippen LogP contribution is 2.28. The molecule has 8 heteroatoms. The first kappa shape index (κ1) is 22.4. The molecule has 1 aromatic heterocycles. The number of halogens is 1. The van der Waals surface area contributed by atoms with Gasteiger partial charge in [-0.25, -0.2) is 9.37 Å². The summed E-state index contributed by atoms with van der Waals surface area (Å²) in [6, 6.07) is 5.18. The molecule has 0 aliphatic rings. The van der Waals surface area contributed by atoms with Gasteiger partial charge in [-0.3, -0.25) is 0 Å². The predicted molar refractivity (Wildman–Crippen MR) is 108 cm³/mol. The van der Waals surface area contributed by atoms with Crippen molar-refractivity contribution in [3.63, 3.8) is 0 Å². The molecule has 3 N–H and O–H groups in total. The van der Waals surface area contributed by atoms with E-state index in [2.05, 4.69) is 39.8 Å². The average Bonchev–Trinajstić information content (AvgIpc) is 2.69. The Hall–Kier alpha value is -2.61. The van der Waals surface area contributed by atoms with E-state index >= 15 is 0 Å². The van der Waals surface area contributed by atoms with Crippen LogP contribution in [0.1, 0.15) is 27.2 Å². The summed E-state index contributed by atoms with van der Waals surface area (Å²) in [6.45, 7) is 9.14. The van der Waals surface area contributed by atoms with Gasteiger partial charge in [-0.1, -0.05) is 20.8 Å². The fourth-order valence-corrected chi connectivity index (χ4v) is 2.04. The summed E-state index contributed by atoms with van der Waals surface area (Å²) in [4.78, 5) is 8.03. The molecule has 0 saturated carbocycles. The molecule has 1 aromatic carbocycles. The molecule has 0 amide bonds. The van der Waals surface area contributed by atoms with Crippen molar-refractivity contribution in [2.45, 2.75) is 27.2 Å². The predicted octanol–water partition coefficient (Wildman–Crippen LogP) is 3.81. The quantitative estimate of drug-likeness (QED) is 0.611. The molecule has 0 bridgehead atoms. The maximum absolute atomic E-state index is 13.9. The number of aromatic nitrogens is 2. The number of rotatable bonds is 9. The summed E-state index contributed by atoms with van der Waals surface area (Å²) in [6.07, 6.45) is 2.06. The molecule has 0 aliphatic heterocycles. The summed E-state index contributed by atoms with van der Waals surface area (Å²) in [5.74, 6) is 1.12. The second-order valence-electron chi connectivity index (χ2n) is 5.50. The molecule has 0 spiro atoms. The maximum Gasteiger partial charge on any atom is 0.224 e. The van der Waals surface area contributed by atoms with Crippen LogP contribution in [-0.4, -0.2) is 43.8 Å². The van der Waals surface area contributed by atoms with Crippen molar-refractivity contribution in [1.29, 1.82) is 0 Å². The van der Waals surface area contributed by atoms with E-state index < -0.39 is 5.82 Å². The highest BCUT2D eigenvalue weighted by atomic mass is 19.1. The molecule has 150 valence electrons. The lowest BCUT2D eigenvalue weighted by Gasteiger charge is -2.11. The SMILES string of the molecule is CCCNc1ncc(F)c(Nc2cc(OC)cc(OC)c2)n1.CCNCC. The Labute approximate surface area is 160 Å². The number of anilines is 3. The molecular weight excluding hydrogens is 349 g/mol. The van der Waals surface area contributed by atoms with E-state index in [-0.39, 0.29) is 5.82 Å². The standard InChI is InChI=1S/C15H19FN4O2.C4H11N/c1-4-5-17-15-18-9-13(16)14(20-15)19-10-6-11(21-2)8-12(7-10)22-3;1-3-5-4-2/h6-9H,4-5H2,1-3H3,(H2,17,18,19,20);5H,3-4H2,1-2H3. The van der Waals surface area contributed by atoms with Crippen LogP contribution >= 0.6 is 0 Å². The van der Waals surface area contributed by atoms with Gasteiger partial charge < -0.3 is 25.4 Å². The van der Waals surface area contributed by atoms with Gasteiger partial charge in [-0.05, 0) is 19.5 Å². The van der Waals surface area contributed by atoms with Crippen LogP contribution in [0.2, 0.25) is 0 Å². The van der Waals surface area contributed by atoms with Gasteiger partial charge in [0.25, 0.3) is 0 Å². The molecule has 0 radical (unpaired) electrons. The van der Waals surface area contributed by atoms with Crippen LogP contribution in [0.5, 0.6) is 11.5 Å². The number of nitrogens with one attached hydrogen (secondary N) is 3. The lowest BCUT2D eigenvalue weighted by atomic mass is 10.2. The molecule has 0 unspecified atom stereocenters. The number of methoxy groups -OCH3 is 2. The minimum Gasteiger partial charge on any atom is -0.497 e. The minimum absolute atomic E-state index is 0.0870. The van der Waals surface area contributed by atoms with E-state index in [0.717, 1.165) is 32.3 Å². The Morgan fingerprint density at radius 3 is 2.11 bits per heavy atom. The monoisotopic (exact) mass is 379 g/mol. The van der Waals surface area contributed by atoms with Crippen LogP contribution in [0.3, 0.4) is 0 Å². The molecule has 27 heavy (non-hydrogen) atoms. The van der Waals surface area contributed by atoms with Crippen molar-refractivity contribution in [2.24, 2.45) is 0 Å². The van der Waals surface area contributed by atoms with E-state index in [0.29, 0.717) is 23.1 Å². The molecular formula is C19H30FN5O2. The van der Waals surface area contributed by atoms with Crippen LogP contribution in [-0.2, 0) is 0 Å². The van der Waals surface area contributed by atoms with Crippen LogP contribution in [0.4, 0.5) is 21.8 Å². The van der Waals surface area contributed by atoms with Gasteiger partial charge in [-0.15, -0.1) is 0 Å². The highest BCUT2D eigenvalue weighted by molar-refractivity contribution is 5.62. The zero-order valence-electron chi connectivity index (χ0n) is 16.7. The molecule has 1 heterocycles. The first-order chi connectivity index (χ1) is 13.1. The molecule has 0 atom stereocenters. The Morgan fingerprint density at radius 1 is 1.00 bits per heavy atom. The van der Waals surface area contributed by atoms with Crippen molar-refractivity contribution in [3.05, 3.63) is 30.2 Å². The molecule has 0 saturated heterocycles. The lowest BCUT2D eigenvalue weighted by Crippen LogP contribution is -2.09. The smallest absolute Gasteiger partial charge is 0.224 e. The van der Waals surface area contributed by atoms with Crippen molar-refractivity contribution in [1.82, 2.24) is 15.3 Å². The Bertz CT molecular complexity index is 661. The van der Waals surface area contributed by atoms with Gasteiger partial charge in [0, 0.05) is 30.4 Å². The molecule has 7 nitrogen and oxygen atoms in total. The third kappa shape index (κ3) is 8.08. The first-order valence-electron chi connectivity index (χ1n) is 9.05. The number of ether oxygens (including phenoxy) is 2. The largest absolute Gasteiger partial charge is 0.497 e. The van der Waals surface area contributed by atoms with Crippen molar-refractivity contribution in [2.75, 3.05) is 44.5 Å². The fraction of sp³-hybridized carbons (Fsp3) is 0.474. The second kappa shape index (κ2) is 12.7. The summed E-state index contributed by atoms with van der Waals surface area (Å²) < 4.78 is 24.2. The minimum atomic E-state index is -0.538. The van der Waals surface area contributed by atoms with Gasteiger partial charge in [0.15, 0.2) is 11.6 Å². The Balaban J connectivity index is 0.000000646. The van der Waals surface area contributed by atoms with Gasteiger partial charge in [-0.2, -0.15) is 4.98 Å². The van der Waals surface area contributed by atoms with Crippen LogP contribution in [0.25, 0.3) is 0 Å². The first-order valence-corrected chi connectivity index (χ1v) is 9.05. The topological polar surface area (TPSA) is 80.3 Å². The van der Waals surface area contributed by atoms with Gasteiger partial charge >= 0.3 is 0 Å². The summed E-state index contributed by atoms with van der Waals surface area (Å²) in [7, 11) is 3.10. The molecule has 2 aromatic rings. The van der Waals surface area contributed by atoms with E-state index in [1.807, 2.05) is 6.92 Å². The van der Waals surface area contributed by atoms with Crippen LogP contribution in [0, 0.1) is 5.82 Å². The summed E-state index contributed by atoms with van der Waals surface area (Å²) in [5.41, 5.74) is 0.607. The van der Waals surface area contributed by atoms with Crippen molar-refractivity contribution >= 4 is 17.5 Å². The number of benzene rings is 1. The highest BCUT2D eigenvalue weighted by Gasteiger charge is 2.09. The molecule has 0 aliphatic carbocycles. The zero-order chi connectivity index (χ0) is 20.1. The zero-order valence-corrected chi connectivity index (χ0v) is 16.7. The summed E-state index contributed by atoms with van der Waals surface area (Å²) >= 11 is 0. The number of hydrogen-bond acceptors (Lipinski definition) is 7. The third-order valence-corrected chi connectivity index (χ3v) is 3.39. The van der Waals surface area contributed by atoms with E-state index in [4.69, 9.17) is 9.47 Å². The fourth-order valence-electron chi connectivity index (χ4n) is 2.04. The average molecular weight is 379 g/mol. The van der Waals surface area contributed by atoms with Gasteiger partial charge in [0.2, 0.25) is 5.95 Å². The number of hydrogen-bond donors (Lipinski definition) is 3. The van der Waals surface area contributed by atoms with E-state index in [1.54, 1.807) is 32.4 Å². The van der Waals surface area contributed by atoms with Gasteiger partial charge in [0.05, 0.1) is 20.4 Å². The van der Waals surface area contributed by atoms with Crippen LogP contribution in [0.15, 0.2) is 24.4 Å². The lowest BCUT2D eigenvalue weighted by molar-refractivity contribution is 0.395. The maximum atomic E-state index is 13.9. The van der Waals surface area contributed by atoms with Gasteiger partial charge in [0.1, 0.15) is 11.5 Å². The third-order valence-electron chi connectivity index (χ3n) is 3.39. The summed E-state index contributed by atoms with van der Waals surface area (Å²) in [5, 5.41) is 9.04. The number of nitrogens with zero attached hydrogens (tertiary/aromatic N) is 2. The Kier molecular flexibility index (Phi) is 10.5. The molecule has 2 rings (SSSR count). The second-order valence-corrected chi connectivity index (χ2v) is 5.50. The normalized spacial score (nSPS) is 9.85. The van der Waals surface area contributed by atoms with E-state index in [1.165, 1.54) is 0 Å².